The second-order valence-corrected chi connectivity index (χ2v) is 6.61. The van der Waals surface area contributed by atoms with Gasteiger partial charge in [-0.15, -0.1) is 0 Å². The summed E-state index contributed by atoms with van der Waals surface area (Å²) in [6.45, 7) is 6.73. The Hall–Kier alpha value is -2.05. The Balaban J connectivity index is 2.16. The molecule has 0 bridgehead atoms. The molecule has 5 nitrogen and oxygen atoms in total. The van der Waals surface area contributed by atoms with Crippen LogP contribution >= 0.6 is 27.5 Å². The Labute approximate surface area is 166 Å². The van der Waals surface area contributed by atoms with Gasteiger partial charge in [-0.05, 0) is 60.5 Å². The summed E-state index contributed by atoms with van der Waals surface area (Å²) in [5.41, 5.74) is 4.55. The standard InChI is InChI=1S/C19H20BrClN2O3/c1-4-25-17-10-18(26-5-2)15(20)8-14(17)11-22-23-19(24)13-7-6-12(3)16(21)9-13/h6-11H,4-5H2,1-3H3,(H,23,24)/b22-11-. The Morgan fingerprint density at radius 2 is 1.88 bits per heavy atom. The normalized spacial score (nSPS) is 10.8. The van der Waals surface area contributed by atoms with Gasteiger partial charge in [0.15, 0.2) is 0 Å². The van der Waals surface area contributed by atoms with Crippen molar-refractivity contribution in [3.63, 3.8) is 0 Å². The van der Waals surface area contributed by atoms with E-state index in [1.807, 2.05) is 26.8 Å². The first-order valence-electron chi connectivity index (χ1n) is 8.15. The third-order valence-electron chi connectivity index (χ3n) is 3.47. The van der Waals surface area contributed by atoms with Gasteiger partial charge in [0.05, 0.1) is 23.9 Å². The van der Waals surface area contributed by atoms with E-state index in [9.17, 15) is 4.79 Å². The van der Waals surface area contributed by atoms with Crippen molar-refractivity contribution in [3.8, 4) is 11.5 Å². The smallest absolute Gasteiger partial charge is 0.271 e. The van der Waals surface area contributed by atoms with Gasteiger partial charge in [0, 0.05) is 22.2 Å². The molecule has 1 N–H and O–H groups in total. The number of amides is 1. The summed E-state index contributed by atoms with van der Waals surface area (Å²) >= 11 is 9.51. The lowest BCUT2D eigenvalue weighted by Gasteiger charge is -2.12. The average molecular weight is 440 g/mol. The van der Waals surface area contributed by atoms with Crippen LogP contribution in [0, 0.1) is 6.92 Å². The number of hydrazone groups is 1. The predicted molar refractivity (Wildman–Crippen MR) is 108 cm³/mol. The molecule has 0 aliphatic rings. The van der Waals surface area contributed by atoms with Gasteiger partial charge in [-0.25, -0.2) is 5.43 Å². The molecule has 0 aromatic heterocycles. The van der Waals surface area contributed by atoms with Crippen molar-refractivity contribution in [2.75, 3.05) is 13.2 Å². The Bertz CT molecular complexity index is 825. The number of carbonyl (C=O) groups excluding carboxylic acids is 1. The second kappa shape index (κ2) is 9.59. The molecule has 138 valence electrons. The molecule has 0 aliphatic carbocycles. The number of halogens is 2. The number of ether oxygens (including phenoxy) is 2. The SMILES string of the molecule is CCOc1cc(OCC)c(/C=N\NC(=O)c2ccc(C)c(Cl)c2)cc1Br. The zero-order valence-corrected chi connectivity index (χ0v) is 17.1. The summed E-state index contributed by atoms with van der Waals surface area (Å²) in [7, 11) is 0. The maximum atomic E-state index is 12.2. The molecule has 1 amide bonds. The summed E-state index contributed by atoms with van der Waals surface area (Å²) in [5.74, 6) is 0.966. The number of nitrogens with one attached hydrogen (secondary N) is 1. The first kappa shape index (κ1) is 20.3. The molecule has 0 atom stereocenters. The Kier molecular flexibility index (Phi) is 7.48. The molecule has 0 radical (unpaired) electrons. The van der Waals surface area contributed by atoms with E-state index in [-0.39, 0.29) is 5.91 Å². The van der Waals surface area contributed by atoms with Crippen LogP contribution in [0.15, 0.2) is 39.9 Å². The molecule has 2 aromatic carbocycles. The van der Waals surface area contributed by atoms with Gasteiger partial charge < -0.3 is 9.47 Å². The van der Waals surface area contributed by atoms with Gasteiger partial charge in [-0.2, -0.15) is 5.10 Å². The molecule has 26 heavy (non-hydrogen) atoms. The van der Waals surface area contributed by atoms with Crippen molar-refractivity contribution in [3.05, 3.63) is 56.5 Å². The van der Waals surface area contributed by atoms with Crippen molar-refractivity contribution in [1.29, 1.82) is 0 Å². The van der Waals surface area contributed by atoms with E-state index in [0.29, 0.717) is 40.9 Å². The zero-order chi connectivity index (χ0) is 19.1. The molecule has 0 spiro atoms. The minimum absolute atomic E-state index is 0.342. The van der Waals surface area contributed by atoms with Crippen molar-refractivity contribution in [2.24, 2.45) is 5.10 Å². The van der Waals surface area contributed by atoms with Gasteiger partial charge in [0.1, 0.15) is 11.5 Å². The van der Waals surface area contributed by atoms with E-state index in [1.165, 1.54) is 6.21 Å². The van der Waals surface area contributed by atoms with Gasteiger partial charge in [-0.1, -0.05) is 17.7 Å². The van der Waals surface area contributed by atoms with Gasteiger partial charge in [0.2, 0.25) is 0 Å². The van der Waals surface area contributed by atoms with Crippen molar-refractivity contribution in [2.45, 2.75) is 20.8 Å². The van der Waals surface area contributed by atoms with E-state index in [4.69, 9.17) is 21.1 Å². The van der Waals surface area contributed by atoms with Crippen LogP contribution in [-0.4, -0.2) is 25.3 Å². The van der Waals surface area contributed by atoms with Crippen LogP contribution < -0.4 is 14.9 Å². The third-order valence-corrected chi connectivity index (χ3v) is 4.49. The molecular weight excluding hydrogens is 420 g/mol. The lowest BCUT2D eigenvalue weighted by molar-refractivity contribution is 0.0955. The molecule has 0 aliphatic heterocycles. The van der Waals surface area contributed by atoms with Crippen molar-refractivity contribution < 1.29 is 14.3 Å². The van der Waals surface area contributed by atoms with Crippen molar-refractivity contribution in [1.82, 2.24) is 5.43 Å². The Morgan fingerprint density at radius 3 is 2.54 bits per heavy atom. The summed E-state index contributed by atoms with van der Waals surface area (Å²) < 4.78 is 12.0. The fourth-order valence-corrected chi connectivity index (χ4v) is 2.81. The monoisotopic (exact) mass is 438 g/mol. The lowest BCUT2D eigenvalue weighted by Crippen LogP contribution is -2.17. The molecule has 2 rings (SSSR count). The number of rotatable bonds is 7. The van der Waals surface area contributed by atoms with E-state index < -0.39 is 0 Å². The number of hydrogen-bond donors (Lipinski definition) is 1. The first-order chi connectivity index (χ1) is 12.5. The highest BCUT2D eigenvalue weighted by atomic mass is 79.9. The van der Waals surface area contributed by atoms with E-state index in [0.717, 1.165) is 10.0 Å². The molecule has 0 heterocycles. The largest absolute Gasteiger partial charge is 0.493 e. The van der Waals surface area contributed by atoms with Crippen molar-refractivity contribution >= 4 is 39.7 Å². The van der Waals surface area contributed by atoms with Gasteiger partial charge >= 0.3 is 0 Å². The van der Waals surface area contributed by atoms with Crippen LogP contribution in [0.5, 0.6) is 11.5 Å². The molecule has 0 saturated heterocycles. The van der Waals surface area contributed by atoms with E-state index >= 15 is 0 Å². The topological polar surface area (TPSA) is 59.9 Å². The number of hydrogen-bond acceptors (Lipinski definition) is 4. The van der Waals surface area contributed by atoms with Crippen LogP contribution in [0.1, 0.15) is 35.3 Å². The highest BCUT2D eigenvalue weighted by Gasteiger charge is 2.10. The minimum atomic E-state index is -0.342. The molecule has 2 aromatic rings. The number of benzene rings is 2. The number of carbonyl (C=O) groups is 1. The molecular formula is C19H20BrClN2O3. The molecule has 7 heteroatoms. The number of aryl methyl sites for hydroxylation is 1. The van der Waals surface area contributed by atoms with Crippen LogP contribution in [0.3, 0.4) is 0 Å². The average Bonchev–Trinajstić information content (AvgIpc) is 2.61. The number of nitrogens with zero attached hydrogens (tertiary/aromatic N) is 1. The highest BCUT2D eigenvalue weighted by molar-refractivity contribution is 9.10. The third kappa shape index (κ3) is 5.22. The summed E-state index contributed by atoms with van der Waals surface area (Å²) in [6.07, 6.45) is 1.53. The van der Waals surface area contributed by atoms with Crippen LogP contribution in [0.25, 0.3) is 0 Å². The van der Waals surface area contributed by atoms with Crippen LogP contribution in [0.4, 0.5) is 0 Å². The molecule has 0 unspecified atom stereocenters. The highest BCUT2D eigenvalue weighted by Crippen LogP contribution is 2.32. The second-order valence-electron chi connectivity index (χ2n) is 5.35. The lowest BCUT2D eigenvalue weighted by atomic mass is 10.1. The fraction of sp³-hybridized carbons (Fsp3) is 0.263. The molecule has 0 saturated carbocycles. The minimum Gasteiger partial charge on any atom is -0.493 e. The maximum absolute atomic E-state index is 12.2. The fourth-order valence-electron chi connectivity index (χ4n) is 2.16. The predicted octanol–water partition coefficient (Wildman–Crippen LogP) is 4.97. The maximum Gasteiger partial charge on any atom is 0.271 e. The van der Waals surface area contributed by atoms with Crippen LogP contribution in [-0.2, 0) is 0 Å². The van der Waals surface area contributed by atoms with Crippen LogP contribution in [0.2, 0.25) is 5.02 Å². The molecule has 0 fully saturated rings. The van der Waals surface area contributed by atoms with Gasteiger partial charge in [0.25, 0.3) is 5.91 Å². The Morgan fingerprint density at radius 1 is 1.19 bits per heavy atom. The quantitative estimate of drug-likeness (QED) is 0.489. The van der Waals surface area contributed by atoms with Gasteiger partial charge in [-0.3, -0.25) is 4.79 Å². The van der Waals surface area contributed by atoms with E-state index in [1.54, 1.807) is 24.3 Å². The van der Waals surface area contributed by atoms with E-state index in [2.05, 4.69) is 26.5 Å². The summed E-state index contributed by atoms with van der Waals surface area (Å²) in [5, 5.41) is 4.56. The summed E-state index contributed by atoms with van der Waals surface area (Å²) in [4.78, 5) is 12.2. The summed E-state index contributed by atoms with van der Waals surface area (Å²) in [6, 6.07) is 8.72. The zero-order valence-electron chi connectivity index (χ0n) is 14.8. The first-order valence-corrected chi connectivity index (χ1v) is 9.32.